The van der Waals surface area contributed by atoms with Crippen molar-refractivity contribution < 1.29 is 10.0 Å². The number of hydrogen-bond acceptors (Lipinski definition) is 4. The Morgan fingerprint density at radius 2 is 1.70 bits per heavy atom. The van der Waals surface area contributed by atoms with Crippen LogP contribution in [0.5, 0.6) is 0 Å². The van der Waals surface area contributed by atoms with Crippen LogP contribution in [-0.2, 0) is 0 Å². The van der Waals surface area contributed by atoms with Crippen molar-refractivity contribution in [2.45, 2.75) is 6.92 Å². The molecule has 0 unspecified atom stereocenters. The second-order valence-electron chi connectivity index (χ2n) is 4.08. The van der Waals surface area contributed by atoms with Gasteiger partial charge in [-0.2, -0.15) is 0 Å². The van der Waals surface area contributed by atoms with Gasteiger partial charge in [-0.1, -0.05) is 48.0 Å². The lowest BCUT2D eigenvalue weighted by Crippen LogP contribution is -2.07. The summed E-state index contributed by atoms with van der Waals surface area (Å²) >= 11 is 0. The van der Waals surface area contributed by atoms with Gasteiger partial charge < -0.3 is 10.4 Å². The van der Waals surface area contributed by atoms with Crippen molar-refractivity contribution in [3.8, 4) is 0 Å². The average molecular weight is 274 g/mol. The van der Waals surface area contributed by atoms with Crippen molar-refractivity contribution in [2.24, 2.45) is 0 Å². The first-order valence-corrected chi connectivity index (χ1v) is 6.25. The molecule has 0 aliphatic carbocycles. The molecule has 0 spiro atoms. The van der Waals surface area contributed by atoms with Crippen molar-refractivity contribution in [2.75, 3.05) is 18.5 Å². The van der Waals surface area contributed by atoms with Crippen LogP contribution >= 0.6 is 0 Å². The standard InChI is InChI=1S/C8H10N2O3.C7H8/c11-6-5-9-7-3-1-2-4-8(7)10(12)13;1-7-5-3-2-4-6-7/h1-4,9,11H,5-6H2;2-6H,1H3. The van der Waals surface area contributed by atoms with Gasteiger partial charge in [0.05, 0.1) is 11.5 Å². The van der Waals surface area contributed by atoms with E-state index in [1.165, 1.54) is 11.6 Å². The minimum atomic E-state index is -0.459. The maximum absolute atomic E-state index is 10.5. The van der Waals surface area contributed by atoms with E-state index in [-0.39, 0.29) is 12.3 Å². The Morgan fingerprint density at radius 3 is 2.20 bits per heavy atom. The first-order valence-electron chi connectivity index (χ1n) is 6.25. The number of nitro benzene ring substituents is 1. The highest BCUT2D eigenvalue weighted by atomic mass is 16.6. The third-order valence-electron chi connectivity index (χ3n) is 2.47. The minimum absolute atomic E-state index is 0.0240. The molecule has 0 amide bonds. The molecule has 0 radical (unpaired) electrons. The topological polar surface area (TPSA) is 75.4 Å². The summed E-state index contributed by atoms with van der Waals surface area (Å²) in [6.07, 6.45) is 0. The van der Waals surface area contributed by atoms with E-state index in [0.29, 0.717) is 12.2 Å². The molecule has 2 N–H and O–H groups in total. The van der Waals surface area contributed by atoms with Crippen LogP contribution in [0.15, 0.2) is 54.6 Å². The highest BCUT2D eigenvalue weighted by Crippen LogP contribution is 2.22. The van der Waals surface area contributed by atoms with Crippen LogP contribution in [-0.4, -0.2) is 23.2 Å². The minimum Gasteiger partial charge on any atom is -0.395 e. The molecule has 5 nitrogen and oxygen atoms in total. The zero-order valence-electron chi connectivity index (χ0n) is 11.3. The normalized spacial score (nSPS) is 9.30. The third kappa shape index (κ3) is 5.49. The summed E-state index contributed by atoms with van der Waals surface area (Å²) in [5, 5.41) is 21.8. The molecule has 2 rings (SSSR count). The third-order valence-corrected chi connectivity index (χ3v) is 2.47. The molecule has 0 bridgehead atoms. The first-order chi connectivity index (χ1) is 9.65. The molecule has 0 aliphatic rings. The van der Waals surface area contributed by atoms with E-state index in [2.05, 4.69) is 24.4 Å². The Kier molecular flexibility index (Phi) is 6.78. The van der Waals surface area contributed by atoms with Crippen LogP contribution in [0.3, 0.4) is 0 Å². The Bertz CT molecular complexity index is 530. The van der Waals surface area contributed by atoms with Crippen molar-refractivity contribution in [3.63, 3.8) is 0 Å². The lowest BCUT2D eigenvalue weighted by Gasteiger charge is -2.03. The highest BCUT2D eigenvalue weighted by Gasteiger charge is 2.10. The summed E-state index contributed by atoms with van der Waals surface area (Å²) in [7, 11) is 0. The molecule has 0 heterocycles. The largest absolute Gasteiger partial charge is 0.395 e. The van der Waals surface area contributed by atoms with Gasteiger partial charge in [-0.3, -0.25) is 10.1 Å². The predicted octanol–water partition coefficient (Wildman–Crippen LogP) is 2.99. The van der Waals surface area contributed by atoms with E-state index < -0.39 is 4.92 Å². The van der Waals surface area contributed by atoms with Crippen LogP contribution < -0.4 is 5.32 Å². The van der Waals surface area contributed by atoms with Gasteiger partial charge in [0, 0.05) is 12.6 Å². The lowest BCUT2D eigenvalue weighted by atomic mass is 10.2. The second kappa shape index (κ2) is 8.66. The average Bonchev–Trinajstić information content (AvgIpc) is 2.47. The van der Waals surface area contributed by atoms with Gasteiger partial charge in [0.1, 0.15) is 5.69 Å². The monoisotopic (exact) mass is 274 g/mol. The quantitative estimate of drug-likeness (QED) is 0.664. The molecule has 5 heteroatoms. The number of hydrogen-bond donors (Lipinski definition) is 2. The van der Waals surface area contributed by atoms with Crippen LogP contribution in [0.2, 0.25) is 0 Å². The molecule has 0 aliphatic heterocycles. The van der Waals surface area contributed by atoms with E-state index >= 15 is 0 Å². The number of benzene rings is 2. The van der Waals surface area contributed by atoms with Gasteiger partial charge in [-0.05, 0) is 13.0 Å². The summed E-state index contributed by atoms with van der Waals surface area (Å²) in [5.41, 5.74) is 1.78. The number of rotatable bonds is 4. The van der Waals surface area contributed by atoms with Crippen molar-refractivity contribution >= 4 is 11.4 Å². The van der Waals surface area contributed by atoms with E-state index in [1.54, 1.807) is 18.2 Å². The number of nitro groups is 1. The number of para-hydroxylation sites is 2. The fourth-order valence-electron chi connectivity index (χ4n) is 1.51. The molecule has 2 aromatic carbocycles. The van der Waals surface area contributed by atoms with Crippen LogP contribution in [0.4, 0.5) is 11.4 Å². The second-order valence-corrected chi connectivity index (χ2v) is 4.08. The van der Waals surface area contributed by atoms with E-state index in [4.69, 9.17) is 5.11 Å². The number of nitrogens with one attached hydrogen (secondary N) is 1. The highest BCUT2D eigenvalue weighted by molar-refractivity contribution is 5.60. The van der Waals surface area contributed by atoms with Gasteiger partial charge >= 0.3 is 0 Å². The fraction of sp³-hybridized carbons (Fsp3) is 0.200. The Balaban J connectivity index is 0.000000240. The Labute approximate surface area is 118 Å². The Morgan fingerprint density at radius 1 is 1.10 bits per heavy atom. The molecule has 20 heavy (non-hydrogen) atoms. The molecule has 106 valence electrons. The molecule has 0 atom stereocenters. The summed E-state index contributed by atoms with van der Waals surface area (Å²) in [4.78, 5) is 10.0. The van der Waals surface area contributed by atoms with Gasteiger partial charge in [-0.15, -0.1) is 0 Å². The number of aryl methyl sites for hydroxylation is 1. The SMILES string of the molecule is Cc1ccccc1.O=[N+]([O-])c1ccccc1NCCO. The summed E-state index contributed by atoms with van der Waals surface area (Å²) in [6, 6.07) is 16.6. The molecule has 0 saturated heterocycles. The fourth-order valence-corrected chi connectivity index (χ4v) is 1.51. The summed E-state index contributed by atoms with van der Waals surface area (Å²) < 4.78 is 0. The van der Waals surface area contributed by atoms with Gasteiger partial charge in [0.15, 0.2) is 0 Å². The molecule has 0 aromatic heterocycles. The zero-order chi connectivity index (χ0) is 14.8. The summed E-state index contributed by atoms with van der Waals surface area (Å²) in [6.45, 7) is 2.34. The number of aliphatic hydroxyl groups excluding tert-OH is 1. The summed E-state index contributed by atoms with van der Waals surface area (Å²) in [5.74, 6) is 0. The smallest absolute Gasteiger partial charge is 0.292 e. The molecule has 2 aromatic rings. The van der Waals surface area contributed by atoms with Gasteiger partial charge in [0.25, 0.3) is 5.69 Å². The van der Waals surface area contributed by atoms with Crippen LogP contribution in [0.25, 0.3) is 0 Å². The van der Waals surface area contributed by atoms with Crippen LogP contribution in [0.1, 0.15) is 5.56 Å². The number of anilines is 1. The molecular formula is C15H18N2O3. The van der Waals surface area contributed by atoms with Crippen molar-refractivity contribution in [1.82, 2.24) is 0 Å². The maximum Gasteiger partial charge on any atom is 0.292 e. The van der Waals surface area contributed by atoms with E-state index in [0.717, 1.165) is 0 Å². The first kappa shape index (κ1) is 15.7. The maximum atomic E-state index is 10.5. The van der Waals surface area contributed by atoms with E-state index in [1.807, 2.05) is 18.2 Å². The van der Waals surface area contributed by atoms with Gasteiger partial charge in [-0.25, -0.2) is 0 Å². The van der Waals surface area contributed by atoms with E-state index in [9.17, 15) is 10.1 Å². The predicted molar refractivity (Wildman–Crippen MR) is 79.9 cm³/mol. The van der Waals surface area contributed by atoms with Crippen LogP contribution in [0, 0.1) is 17.0 Å². The van der Waals surface area contributed by atoms with Crippen molar-refractivity contribution in [1.29, 1.82) is 0 Å². The number of nitrogens with zero attached hydrogens (tertiary/aromatic N) is 1. The van der Waals surface area contributed by atoms with Crippen molar-refractivity contribution in [3.05, 3.63) is 70.3 Å². The molecule has 0 fully saturated rings. The number of aliphatic hydroxyl groups is 1. The molecular weight excluding hydrogens is 256 g/mol. The Hall–Kier alpha value is -2.40. The lowest BCUT2D eigenvalue weighted by molar-refractivity contribution is -0.384. The molecule has 0 saturated carbocycles. The zero-order valence-corrected chi connectivity index (χ0v) is 11.3. The van der Waals surface area contributed by atoms with Gasteiger partial charge in [0.2, 0.25) is 0 Å².